The number of nitrogens with zero attached hydrogens (tertiary/aromatic N) is 4. The molecule has 0 radical (unpaired) electrons. The van der Waals surface area contributed by atoms with E-state index in [4.69, 9.17) is 0 Å². The van der Waals surface area contributed by atoms with Crippen LogP contribution in [-0.2, 0) is 12.0 Å². The maximum Gasteiger partial charge on any atom is 0.273 e. The van der Waals surface area contributed by atoms with E-state index in [0.29, 0.717) is 6.42 Å². The van der Waals surface area contributed by atoms with Crippen molar-refractivity contribution in [2.45, 2.75) is 18.4 Å². The van der Waals surface area contributed by atoms with Gasteiger partial charge in [0.25, 0.3) is 5.69 Å². The smallest absolute Gasteiger partial charge is 0.273 e. The van der Waals surface area contributed by atoms with Gasteiger partial charge in [0.1, 0.15) is 9.24 Å². The summed E-state index contributed by atoms with van der Waals surface area (Å²) in [5, 5.41) is 11.0. The van der Waals surface area contributed by atoms with Crippen molar-refractivity contribution in [3.8, 4) is 0 Å². The number of rotatable bonds is 6. The van der Waals surface area contributed by atoms with Crippen LogP contribution in [0.2, 0.25) is 0 Å². The molecule has 212 valence electrons. The Kier molecular flexibility index (Phi) is 8.28. The zero-order chi connectivity index (χ0) is 29.6. The lowest BCUT2D eigenvalue weighted by Gasteiger charge is -2.37. The molecule has 0 amide bonds. The predicted octanol–water partition coefficient (Wildman–Crippen LogP) is 8.02. The fraction of sp³-hybridized carbons (Fsp3) is 0.0857. The Balaban J connectivity index is 0.000000162. The zero-order valence-corrected chi connectivity index (χ0v) is 25.3. The molecule has 4 aromatic carbocycles. The van der Waals surface area contributed by atoms with Crippen molar-refractivity contribution in [3.05, 3.63) is 188 Å². The van der Waals surface area contributed by atoms with Crippen molar-refractivity contribution in [2.75, 3.05) is 0 Å². The first-order valence-corrected chi connectivity index (χ1v) is 15.0. The summed E-state index contributed by atoms with van der Waals surface area (Å²) >= 11 is 2.27. The lowest BCUT2D eigenvalue weighted by molar-refractivity contribution is -0.385. The predicted molar refractivity (Wildman–Crippen MR) is 177 cm³/mol. The van der Waals surface area contributed by atoms with Crippen LogP contribution in [0.3, 0.4) is 0 Å². The van der Waals surface area contributed by atoms with E-state index in [9.17, 15) is 10.1 Å². The monoisotopic (exact) mass is 677 g/mol. The third-order valence-electron chi connectivity index (χ3n) is 7.68. The molecular weight excluding hydrogens is 649 g/mol. The van der Waals surface area contributed by atoms with Gasteiger partial charge in [-0.25, -0.2) is 9.97 Å². The number of halogens is 1. The zero-order valence-electron chi connectivity index (χ0n) is 23.2. The fourth-order valence-electron chi connectivity index (χ4n) is 5.86. The number of allylic oxidation sites excluding steroid dienone is 1. The second-order valence-electron chi connectivity index (χ2n) is 10.1. The van der Waals surface area contributed by atoms with Gasteiger partial charge in [0.05, 0.1) is 29.5 Å². The molecule has 0 fully saturated rings. The number of fused-ring (bicyclic) bond motifs is 1. The minimum Gasteiger partial charge on any atom is -0.345 e. The van der Waals surface area contributed by atoms with Gasteiger partial charge in [0.15, 0.2) is 0 Å². The van der Waals surface area contributed by atoms with Crippen molar-refractivity contribution in [1.29, 1.82) is 0 Å². The first kappa shape index (κ1) is 28.3. The van der Waals surface area contributed by atoms with Gasteiger partial charge in [-0.1, -0.05) is 109 Å². The molecule has 7 nitrogen and oxygen atoms in total. The molecule has 2 heterocycles. The van der Waals surface area contributed by atoms with E-state index in [0.717, 1.165) is 32.5 Å². The first-order chi connectivity index (χ1) is 21.1. The molecule has 0 saturated carbocycles. The van der Waals surface area contributed by atoms with Gasteiger partial charge in [-0.05, 0) is 57.7 Å². The molecule has 0 atom stereocenters. The maximum absolute atomic E-state index is 11.0. The molecule has 1 aliphatic carbocycles. The number of hydrogen-bond donors (Lipinski definition) is 1. The van der Waals surface area contributed by atoms with Crippen LogP contribution < -0.4 is 0 Å². The number of hydrogen-bond acceptors (Lipinski definition) is 4. The molecule has 8 heteroatoms. The summed E-state index contributed by atoms with van der Waals surface area (Å²) in [6.45, 7) is 0. The molecule has 1 N–H and O–H groups in total. The largest absolute Gasteiger partial charge is 0.345 e. The number of benzene rings is 4. The molecule has 0 bridgehead atoms. The Morgan fingerprint density at radius 1 is 0.837 bits per heavy atom. The lowest BCUT2D eigenvalue weighted by Crippen LogP contribution is -2.36. The SMILES string of the molecule is Ic1cn(C(c2ccccc2)(c2ccccc2)c2ccccc2)cn1.O=[N+]([O-])c1cccc2c1CCC=C2c1cnc[nH]1. The molecular formula is C35H28IN5O2. The fourth-order valence-corrected chi connectivity index (χ4v) is 6.28. The number of nitrogens with one attached hydrogen (secondary N) is 1. The minimum absolute atomic E-state index is 0.206. The average Bonchev–Trinajstić information content (AvgIpc) is 3.76. The van der Waals surface area contributed by atoms with E-state index in [1.165, 1.54) is 16.7 Å². The van der Waals surface area contributed by atoms with Crippen molar-refractivity contribution in [1.82, 2.24) is 19.5 Å². The summed E-state index contributed by atoms with van der Waals surface area (Å²) in [4.78, 5) is 22.3. The molecule has 7 rings (SSSR count). The number of aromatic nitrogens is 4. The highest BCUT2D eigenvalue weighted by atomic mass is 127. The summed E-state index contributed by atoms with van der Waals surface area (Å²) in [7, 11) is 0. The second kappa shape index (κ2) is 12.6. The molecule has 0 aliphatic heterocycles. The van der Waals surface area contributed by atoms with Crippen LogP contribution in [0, 0.1) is 13.8 Å². The molecule has 0 saturated heterocycles. The summed E-state index contributed by atoms with van der Waals surface area (Å²) in [6.07, 6.45) is 11.0. The van der Waals surface area contributed by atoms with E-state index >= 15 is 0 Å². The topological polar surface area (TPSA) is 89.6 Å². The summed E-state index contributed by atoms with van der Waals surface area (Å²) < 4.78 is 3.19. The number of nitro benzene ring substituents is 1. The highest BCUT2D eigenvalue weighted by Crippen LogP contribution is 2.41. The molecule has 0 spiro atoms. The summed E-state index contributed by atoms with van der Waals surface area (Å²) in [6, 6.07) is 37.1. The Morgan fingerprint density at radius 2 is 1.44 bits per heavy atom. The second-order valence-corrected chi connectivity index (χ2v) is 11.2. The Labute approximate surface area is 263 Å². The highest BCUT2D eigenvalue weighted by Gasteiger charge is 2.38. The molecule has 2 aromatic heterocycles. The van der Waals surface area contributed by atoms with Gasteiger partial charge in [-0.3, -0.25) is 10.1 Å². The van der Waals surface area contributed by atoms with Crippen LogP contribution in [-0.4, -0.2) is 24.4 Å². The van der Waals surface area contributed by atoms with Crippen LogP contribution in [0.1, 0.15) is 39.9 Å². The number of H-pyrrole nitrogens is 1. The standard InChI is InChI=1S/C22H17IN2.C13H11N3O2/c23-21-16-25(17-24-21)22(18-10-4-1-5-11-18,19-12-6-2-7-13-19)20-14-8-3-9-15-20;17-16(18)13-6-2-3-9-10(4-1-5-11(9)13)12-7-14-8-15-12/h1-17H;2-4,6-8H,1,5H2,(H,14,15). The number of imidazole rings is 2. The van der Waals surface area contributed by atoms with E-state index in [-0.39, 0.29) is 10.6 Å². The summed E-state index contributed by atoms with van der Waals surface area (Å²) in [5.41, 5.74) is 7.02. The van der Waals surface area contributed by atoms with Gasteiger partial charge in [0.2, 0.25) is 0 Å². The third kappa shape index (κ3) is 5.53. The van der Waals surface area contributed by atoms with E-state index in [2.05, 4.69) is 145 Å². The molecule has 0 unspecified atom stereocenters. The molecule has 6 aromatic rings. The van der Waals surface area contributed by atoms with Crippen molar-refractivity contribution in [2.24, 2.45) is 0 Å². The van der Waals surface area contributed by atoms with Crippen LogP contribution >= 0.6 is 22.6 Å². The Hall–Kier alpha value is -4.83. The van der Waals surface area contributed by atoms with Gasteiger partial charge in [-0.2, -0.15) is 0 Å². The van der Waals surface area contributed by atoms with E-state index in [1.54, 1.807) is 24.7 Å². The van der Waals surface area contributed by atoms with Gasteiger partial charge in [-0.15, -0.1) is 0 Å². The Bertz CT molecular complexity index is 1750. The summed E-state index contributed by atoms with van der Waals surface area (Å²) in [5.74, 6) is 0. The van der Waals surface area contributed by atoms with Crippen LogP contribution in [0.15, 0.2) is 140 Å². The van der Waals surface area contributed by atoms with Crippen LogP contribution in [0.5, 0.6) is 0 Å². The third-order valence-corrected chi connectivity index (χ3v) is 8.24. The van der Waals surface area contributed by atoms with E-state index < -0.39 is 5.54 Å². The van der Waals surface area contributed by atoms with Gasteiger partial charge < -0.3 is 9.55 Å². The van der Waals surface area contributed by atoms with Gasteiger partial charge in [0, 0.05) is 23.4 Å². The lowest BCUT2D eigenvalue weighted by atomic mass is 9.77. The van der Waals surface area contributed by atoms with Crippen LogP contribution in [0.4, 0.5) is 5.69 Å². The number of aromatic amines is 1. The van der Waals surface area contributed by atoms with Crippen molar-refractivity contribution < 1.29 is 4.92 Å². The van der Waals surface area contributed by atoms with Crippen molar-refractivity contribution in [3.63, 3.8) is 0 Å². The molecule has 43 heavy (non-hydrogen) atoms. The minimum atomic E-state index is -0.458. The van der Waals surface area contributed by atoms with Gasteiger partial charge >= 0.3 is 0 Å². The number of nitro groups is 1. The average molecular weight is 678 g/mol. The highest BCUT2D eigenvalue weighted by molar-refractivity contribution is 14.1. The molecule has 1 aliphatic rings. The normalized spacial score (nSPS) is 12.4. The first-order valence-electron chi connectivity index (χ1n) is 13.9. The van der Waals surface area contributed by atoms with Crippen molar-refractivity contribution >= 4 is 33.9 Å². The maximum atomic E-state index is 11.0. The quantitative estimate of drug-likeness (QED) is 0.0837. The van der Waals surface area contributed by atoms with E-state index in [1.807, 2.05) is 12.4 Å². The Morgan fingerprint density at radius 3 is 1.93 bits per heavy atom. The van der Waals surface area contributed by atoms with Crippen LogP contribution in [0.25, 0.3) is 5.57 Å².